The van der Waals surface area contributed by atoms with Crippen molar-refractivity contribution >= 4 is 21.7 Å². The van der Waals surface area contributed by atoms with Gasteiger partial charge in [-0.05, 0) is 0 Å². The van der Waals surface area contributed by atoms with Crippen molar-refractivity contribution in [3.63, 3.8) is 0 Å². The molecule has 0 aromatic carbocycles. The molecule has 0 spiro atoms. The van der Waals surface area contributed by atoms with Gasteiger partial charge in [-0.3, -0.25) is 4.79 Å². The summed E-state index contributed by atoms with van der Waals surface area (Å²) in [5, 5.41) is 12.4. The molecule has 0 bridgehead atoms. The Balaban J connectivity index is 2.80. The van der Waals surface area contributed by atoms with Crippen LogP contribution in [0.25, 0.3) is 0 Å². The molecule has 0 fully saturated rings. The summed E-state index contributed by atoms with van der Waals surface area (Å²) in [6.45, 7) is -0.533. The molecule has 0 saturated heterocycles. The van der Waals surface area contributed by atoms with Gasteiger partial charge in [0.1, 0.15) is 12.4 Å². The van der Waals surface area contributed by atoms with Crippen molar-refractivity contribution in [3.05, 3.63) is 17.5 Å². The molecule has 0 aliphatic carbocycles. The smallest absolute Gasteiger partial charge is 0.209 e. The largest absolute Gasteiger partial charge is 0.388 e. The third-order valence-corrected chi connectivity index (χ3v) is 1.67. The summed E-state index contributed by atoms with van der Waals surface area (Å²) in [7, 11) is 0. The molecule has 60 valence electrons. The zero-order chi connectivity index (χ0) is 8.27. The van der Waals surface area contributed by atoms with Gasteiger partial charge in [-0.1, -0.05) is 21.1 Å². The summed E-state index contributed by atoms with van der Waals surface area (Å²) < 4.78 is 4.71. The predicted molar refractivity (Wildman–Crippen MR) is 40.6 cm³/mol. The second-order valence-corrected chi connectivity index (χ2v) is 2.45. The maximum Gasteiger partial charge on any atom is 0.209 e. The molecule has 1 rings (SSSR count). The molecule has 5 heteroatoms. The van der Waals surface area contributed by atoms with Crippen LogP contribution in [0.2, 0.25) is 0 Å². The van der Waals surface area contributed by atoms with Crippen molar-refractivity contribution < 1.29 is 14.4 Å². The molecule has 1 aromatic heterocycles. The number of nitrogens with zero attached hydrogens (tertiary/aromatic N) is 1. The molecule has 11 heavy (non-hydrogen) atoms. The highest BCUT2D eigenvalue weighted by molar-refractivity contribution is 9.08. The molecule has 0 aliphatic rings. The number of carbonyl (C=O) groups is 1. The van der Waals surface area contributed by atoms with Crippen LogP contribution in [0.5, 0.6) is 0 Å². The number of ketones is 1. The van der Waals surface area contributed by atoms with Gasteiger partial charge >= 0.3 is 0 Å². The first-order valence-corrected chi connectivity index (χ1v) is 4.05. The van der Waals surface area contributed by atoms with Gasteiger partial charge in [0.15, 0.2) is 5.69 Å². The van der Waals surface area contributed by atoms with Gasteiger partial charge in [-0.2, -0.15) is 0 Å². The van der Waals surface area contributed by atoms with Crippen LogP contribution in [0.1, 0.15) is 16.2 Å². The summed E-state index contributed by atoms with van der Waals surface area (Å²) in [6, 6.07) is 1.49. The van der Waals surface area contributed by atoms with Crippen molar-refractivity contribution in [3.8, 4) is 0 Å². The summed E-state index contributed by atoms with van der Waals surface area (Å²) in [5.74, 6) is 0.141. The van der Waals surface area contributed by atoms with E-state index in [4.69, 9.17) is 9.63 Å². The number of aliphatic hydroxyl groups excluding tert-OH is 1. The van der Waals surface area contributed by atoms with Gasteiger partial charge in [-0.25, -0.2) is 0 Å². The third kappa shape index (κ3) is 1.87. The van der Waals surface area contributed by atoms with Crippen LogP contribution in [0, 0.1) is 0 Å². The second kappa shape index (κ2) is 3.64. The fourth-order valence-electron chi connectivity index (χ4n) is 0.588. The van der Waals surface area contributed by atoms with Crippen LogP contribution in [0.3, 0.4) is 0 Å². The Morgan fingerprint density at radius 2 is 2.55 bits per heavy atom. The summed E-state index contributed by atoms with van der Waals surface area (Å²) in [5.41, 5.74) is 0.168. The quantitative estimate of drug-likeness (QED) is 0.602. The van der Waals surface area contributed by atoms with Gasteiger partial charge in [0.05, 0.1) is 5.33 Å². The van der Waals surface area contributed by atoms with Crippen molar-refractivity contribution in [1.82, 2.24) is 5.16 Å². The molecular formula is C6H6BrNO3. The Labute approximate surface area is 71.3 Å². The molecule has 1 heterocycles. The fourth-order valence-corrected chi connectivity index (χ4v) is 0.853. The van der Waals surface area contributed by atoms with E-state index in [0.717, 1.165) is 0 Å². The number of Topliss-reactive ketones (excluding diaryl/α,β-unsaturated/α-hetero) is 1. The fraction of sp³-hybridized carbons (Fsp3) is 0.333. The highest BCUT2D eigenvalue weighted by Crippen LogP contribution is 2.07. The number of alkyl halides is 1. The monoisotopic (exact) mass is 219 g/mol. The minimum atomic E-state index is -0.533. The van der Waals surface area contributed by atoms with Crippen LogP contribution in [0.4, 0.5) is 0 Å². The molecule has 1 aromatic rings. The zero-order valence-electron chi connectivity index (χ0n) is 5.58. The van der Waals surface area contributed by atoms with E-state index in [1.807, 2.05) is 0 Å². The second-order valence-electron chi connectivity index (χ2n) is 1.89. The average molecular weight is 220 g/mol. The highest BCUT2D eigenvalue weighted by Gasteiger charge is 2.09. The first-order chi connectivity index (χ1) is 5.27. The number of aliphatic hydroxyl groups is 1. The number of rotatable bonds is 3. The first kappa shape index (κ1) is 8.42. The number of hydrogen-bond acceptors (Lipinski definition) is 4. The lowest BCUT2D eigenvalue weighted by Crippen LogP contribution is -2.03. The number of carbonyl (C=O) groups excluding carboxylic acids is 1. The molecule has 0 amide bonds. The lowest BCUT2D eigenvalue weighted by atomic mass is 10.3. The normalized spacial score (nSPS) is 10.0. The third-order valence-electron chi connectivity index (χ3n) is 1.12. The first-order valence-electron chi connectivity index (χ1n) is 2.93. The number of halogens is 1. The Bertz CT molecular complexity index is 258. The van der Waals surface area contributed by atoms with Crippen molar-refractivity contribution in [2.45, 2.75) is 5.33 Å². The van der Waals surface area contributed by atoms with E-state index in [9.17, 15) is 4.79 Å². The standard InChI is InChI=1S/C6H6BrNO3/c7-2-4-1-5(8-11-4)6(10)3-9/h1,9H,2-3H2. The summed E-state index contributed by atoms with van der Waals surface area (Å²) in [6.07, 6.45) is 0. The van der Waals surface area contributed by atoms with E-state index in [0.29, 0.717) is 11.1 Å². The maximum atomic E-state index is 10.8. The van der Waals surface area contributed by atoms with Crippen molar-refractivity contribution in [2.75, 3.05) is 6.61 Å². The Morgan fingerprint density at radius 3 is 3.00 bits per heavy atom. The van der Waals surface area contributed by atoms with Crippen LogP contribution in [-0.2, 0) is 5.33 Å². The van der Waals surface area contributed by atoms with Crippen LogP contribution in [0.15, 0.2) is 10.6 Å². The Morgan fingerprint density at radius 1 is 1.82 bits per heavy atom. The minimum Gasteiger partial charge on any atom is -0.388 e. The maximum absolute atomic E-state index is 10.8. The van der Waals surface area contributed by atoms with Gasteiger partial charge in [-0.15, -0.1) is 0 Å². The van der Waals surface area contributed by atoms with Gasteiger partial charge in [0, 0.05) is 6.07 Å². The zero-order valence-corrected chi connectivity index (χ0v) is 7.17. The van der Waals surface area contributed by atoms with E-state index >= 15 is 0 Å². The van der Waals surface area contributed by atoms with E-state index in [1.54, 1.807) is 0 Å². The lowest BCUT2D eigenvalue weighted by Gasteiger charge is -1.83. The van der Waals surface area contributed by atoms with Gasteiger partial charge in [0.25, 0.3) is 0 Å². The Kier molecular flexibility index (Phi) is 2.78. The van der Waals surface area contributed by atoms with E-state index in [-0.39, 0.29) is 5.69 Å². The van der Waals surface area contributed by atoms with Crippen LogP contribution in [-0.4, -0.2) is 22.7 Å². The van der Waals surface area contributed by atoms with Crippen molar-refractivity contribution in [2.24, 2.45) is 0 Å². The summed E-state index contributed by atoms with van der Waals surface area (Å²) >= 11 is 3.13. The topological polar surface area (TPSA) is 63.3 Å². The van der Waals surface area contributed by atoms with E-state index in [2.05, 4.69) is 21.1 Å². The number of hydrogen-bond donors (Lipinski definition) is 1. The molecule has 0 saturated carbocycles. The molecule has 1 N–H and O–H groups in total. The SMILES string of the molecule is O=C(CO)c1cc(CBr)on1. The predicted octanol–water partition coefficient (Wildman–Crippen LogP) is 0.744. The summed E-state index contributed by atoms with van der Waals surface area (Å²) in [4.78, 5) is 10.8. The lowest BCUT2D eigenvalue weighted by molar-refractivity contribution is 0.0894. The molecule has 0 radical (unpaired) electrons. The Hall–Kier alpha value is -0.680. The molecule has 0 aliphatic heterocycles. The van der Waals surface area contributed by atoms with Crippen molar-refractivity contribution in [1.29, 1.82) is 0 Å². The van der Waals surface area contributed by atoms with E-state index < -0.39 is 12.4 Å². The van der Waals surface area contributed by atoms with Crippen LogP contribution >= 0.6 is 15.9 Å². The van der Waals surface area contributed by atoms with Crippen LogP contribution < -0.4 is 0 Å². The highest BCUT2D eigenvalue weighted by atomic mass is 79.9. The van der Waals surface area contributed by atoms with E-state index in [1.165, 1.54) is 6.07 Å². The van der Waals surface area contributed by atoms with Gasteiger partial charge < -0.3 is 9.63 Å². The molecule has 0 atom stereocenters. The average Bonchev–Trinajstić information content (AvgIpc) is 2.50. The van der Waals surface area contributed by atoms with Gasteiger partial charge in [0.2, 0.25) is 5.78 Å². The molecular weight excluding hydrogens is 214 g/mol. The minimum absolute atomic E-state index is 0.168. The number of aromatic nitrogens is 1. The molecule has 0 unspecified atom stereocenters. The molecule has 4 nitrogen and oxygen atoms in total.